The van der Waals surface area contributed by atoms with Crippen molar-refractivity contribution in [3.63, 3.8) is 0 Å². The van der Waals surface area contributed by atoms with Gasteiger partial charge in [-0.3, -0.25) is 4.79 Å². The highest BCUT2D eigenvalue weighted by Crippen LogP contribution is 2.21. The van der Waals surface area contributed by atoms with E-state index in [4.69, 9.17) is 0 Å². The first kappa shape index (κ1) is 18.2. The second-order valence-corrected chi connectivity index (χ2v) is 6.76. The number of benzene rings is 1. The second-order valence-electron chi connectivity index (χ2n) is 6.76. The first-order valence-electron chi connectivity index (χ1n) is 8.45. The van der Waals surface area contributed by atoms with Crippen molar-refractivity contribution in [1.29, 1.82) is 0 Å². The quantitative estimate of drug-likeness (QED) is 0.885. The predicted molar refractivity (Wildman–Crippen MR) is 95.5 cm³/mol. The van der Waals surface area contributed by atoms with Gasteiger partial charge in [0.15, 0.2) is 5.69 Å². The number of aliphatic hydroxyl groups is 1. The second kappa shape index (κ2) is 7.62. The minimum atomic E-state index is -0.572. The monoisotopic (exact) mass is 329 g/mol. The Morgan fingerprint density at radius 2 is 1.79 bits per heavy atom. The van der Waals surface area contributed by atoms with Crippen LogP contribution < -0.4 is 0 Å². The number of carbonyl (C=O) groups is 1. The van der Waals surface area contributed by atoms with Gasteiger partial charge in [-0.25, -0.2) is 4.68 Å². The van der Waals surface area contributed by atoms with Crippen LogP contribution in [0.25, 0.3) is 5.69 Å². The number of carbonyl (C=O) groups excluding carboxylic acids is 1. The summed E-state index contributed by atoms with van der Waals surface area (Å²) in [6, 6.07) is 11.7. The molecule has 2 aromatic rings. The molecule has 0 radical (unpaired) electrons. The van der Waals surface area contributed by atoms with E-state index in [2.05, 4.69) is 18.9 Å². The van der Waals surface area contributed by atoms with Crippen LogP contribution in [0.2, 0.25) is 0 Å². The Labute approximate surface area is 143 Å². The summed E-state index contributed by atoms with van der Waals surface area (Å²) in [5.41, 5.74) is 2.34. The van der Waals surface area contributed by atoms with Crippen LogP contribution in [0.1, 0.15) is 56.7 Å². The average molecular weight is 329 g/mol. The summed E-state index contributed by atoms with van der Waals surface area (Å²) in [7, 11) is 0. The van der Waals surface area contributed by atoms with Gasteiger partial charge >= 0.3 is 0 Å². The highest BCUT2D eigenvalue weighted by Gasteiger charge is 2.24. The van der Waals surface area contributed by atoms with Crippen LogP contribution in [0.5, 0.6) is 0 Å². The average Bonchev–Trinajstić information content (AvgIpc) is 2.98. The molecule has 0 aliphatic carbocycles. The standard InChI is InChI=1S/C19H27N3O2/c1-13(2)18-11-17(19(24)21(14(3)4)12-15(5)23)20-22(18)16-9-7-6-8-10-16/h6-11,13-15,23H,12H2,1-5H3. The molecule has 1 aromatic carbocycles. The molecule has 0 spiro atoms. The summed E-state index contributed by atoms with van der Waals surface area (Å²) < 4.78 is 1.83. The summed E-state index contributed by atoms with van der Waals surface area (Å²) in [5.74, 6) is 0.0889. The van der Waals surface area contributed by atoms with Crippen LogP contribution in [-0.4, -0.2) is 44.4 Å². The Hall–Kier alpha value is -2.14. The lowest BCUT2D eigenvalue weighted by molar-refractivity contribution is 0.0572. The van der Waals surface area contributed by atoms with Crippen LogP contribution in [-0.2, 0) is 0 Å². The van der Waals surface area contributed by atoms with Gasteiger partial charge in [-0.2, -0.15) is 5.10 Å². The van der Waals surface area contributed by atoms with E-state index in [0.29, 0.717) is 12.2 Å². The van der Waals surface area contributed by atoms with Crippen molar-refractivity contribution in [3.8, 4) is 5.69 Å². The number of hydrogen-bond acceptors (Lipinski definition) is 3. The molecule has 0 saturated heterocycles. The van der Waals surface area contributed by atoms with Gasteiger partial charge in [0.25, 0.3) is 5.91 Å². The van der Waals surface area contributed by atoms with Gasteiger partial charge in [-0.05, 0) is 44.9 Å². The molecule has 24 heavy (non-hydrogen) atoms. The molecule has 1 heterocycles. The van der Waals surface area contributed by atoms with Crippen molar-refractivity contribution in [2.24, 2.45) is 0 Å². The molecule has 2 rings (SSSR count). The number of nitrogens with zero attached hydrogens (tertiary/aromatic N) is 3. The maximum Gasteiger partial charge on any atom is 0.274 e. The highest BCUT2D eigenvalue weighted by atomic mass is 16.3. The molecular formula is C19H27N3O2. The van der Waals surface area contributed by atoms with Gasteiger partial charge < -0.3 is 10.0 Å². The van der Waals surface area contributed by atoms with E-state index in [9.17, 15) is 9.90 Å². The van der Waals surface area contributed by atoms with Gasteiger partial charge in [0.05, 0.1) is 11.8 Å². The van der Waals surface area contributed by atoms with E-state index in [1.807, 2.05) is 54.9 Å². The van der Waals surface area contributed by atoms with Crippen LogP contribution in [0.15, 0.2) is 36.4 Å². The zero-order valence-electron chi connectivity index (χ0n) is 15.1. The van der Waals surface area contributed by atoms with Crippen molar-refractivity contribution in [1.82, 2.24) is 14.7 Å². The van der Waals surface area contributed by atoms with Gasteiger partial charge in [-0.15, -0.1) is 0 Å². The third kappa shape index (κ3) is 4.03. The Morgan fingerprint density at radius 3 is 2.29 bits per heavy atom. The summed E-state index contributed by atoms with van der Waals surface area (Å²) in [6.45, 7) is 10.0. The molecule has 130 valence electrons. The van der Waals surface area contributed by atoms with Crippen molar-refractivity contribution >= 4 is 5.91 Å². The van der Waals surface area contributed by atoms with Crippen molar-refractivity contribution < 1.29 is 9.90 Å². The van der Waals surface area contributed by atoms with E-state index in [-0.39, 0.29) is 17.9 Å². The molecule has 1 N–H and O–H groups in total. The number of amides is 1. The van der Waals surface area contributed by atoms with E-state index in [1.165, 1.54) is 0 Å². The van der Waals surface area contributed by atoms with Crippen molar-refractivity contribution in [2.75, 3.05) is 6.54 Å². The molecule has 0 saturated carbocycles. The van der Waals surface area contributed by atoms with Crippen LogP contribution in [0, 0.1) is 0 Å². The maximum absolute atomic E-state index is 12.9. The first-order valence-corrected chi connectivity index (χ1v) is 8.45. The Morgan fingerprint density at radius 1 is 1.17 bits per heavy atom. The number of aliphatic hydroxyl groups excluding tert-OH is 1. The molecule has 1 amide bonds. The van der Waals surface area contributed by atoms with Crippen LogP contribution in [0.4, 0.5) is 0 Å². The van der Waals surface area contributed by atoms with Gasteiger partial charge in [0.1, 0.15) is 0 Å². The largest absolute Gasteiger partial charge is 0.392 e. The third-order valence-electron chi connectivity index (χ3n) is 3.89. The smallest absolute Gasteiger partial charge is 0.274 e. The topological polar surface area (TPSA) is 58.4 Å². The molecule has 5 heteroatoms. The molecule has 5 nitrogen and oxygen atoms in total. The normalized spacial score (nSPS) is 12.7. The summed E-state index contributed by atoms with van der Waals surface area (Å²) in [6.07, 6.45) is -0.572. The fourth-order valence-corrected chi connectivity index (χ4v) is 2.65. The van der Waals surface area contributed by atoms with Crippen LogP contribution >= 0.6 is 0 Å². The highest BCUT2D eigenvalue weighted by molar-refractivity contribution is 5.92. The lowest BCUT2D eigenvalue weighted by atomic mass is 10.1. The fraction of sp³-hybridized carbons (Fsp3) is 0.474. The van der Waals surface area contributed by atoms with E-state index < -0.39 is 6.10 Å². The molecule has 0 aliphatic rings. The lowest BCUT2D eigenvalue weighted by Crippen LogP contribution is -2.41. The number of rotatable bonds is 6. The number of hydrogen-bond donors (Lipinski definition) is 1. The molecule has 0 aliphatic heterocycles. The van der Waals surface area contributed by atoms with E-state index in [0.717, 1.165) is 11.4 Å². The van der Waals surface area contributed by atoms with E-state index in [1.54, 1.807) is 11.8 Å². The SMILES string of the molecule is CC(O)CN(C(=O)c1cc(C(C)C)n(-c2ccccc2)n1)C(C)C. The van der Waals surface area contributed by atoms with Gasteiger partial charge in [-0.1, -0.05) is 32.0 Å². The number of aromatic nitrogens is 2. The van der Waals surface area contributed by atoms with Crippen molar-refractivity contribution in [2.45, 2.75) is 52.7 Å². The predicted octanol–water partition coefficient (Wildman–Crippen LogP) is 3.23. The van der Waals surface area contributed by atoms with Crippen molar-refractivity contribution in [3.05, 3.63) is 47.8 Å². The van der Waals surface area contributed by atoms with Crippen LogP contribution in [0.3, 0.4) is 0 Å². The molecule has 0 fully saturated rings. The van der Waals surface area contributed by atoms with E-state index >= 15 is 0 Å². The fourth-order valence-electron chi connectivity index (χ4n) is 2.65. The molecule has 1 aromatic heterocycles. The maximum atomic E-state index is 12.9. The summed E-state index contributed by atoms with van der Waals surface area (Å²) >= 11 is 0. The third-order valence-corrected chi connectivity index (χ3v) is 3.89. The summed E-state index contributed by atoms with van der Waals surface area (Å²) in [5, 5.41) is 14.2. The Kier molecular flexibility index (Phi) is 5.78. The first-order chi connectivity index (χ1) is 11.3. The Bertz CT molecular complexity index is 675. The minimum absolute atomic E-state index is 0.00326. The van der Waals surface area contributed by atoms with Gasteiger partial charge in [0, 0.05) is 18.3 Å². The number of para-hydroxylation sites is 1. The minimum Gasteiger partial charge on any atom is -0.392 e. The zero-order valence-corrected chi connectivity index (χ0v) is 15.1. The Balaban J connectivity index is 2.42. The molecule has 1 unspecified atom stereocenters. The molecular weight excluding hydrogens is 302 g/mol. The molecule has 0 bridgehead atoms. The summed E-state index contributed by atoms with van der Waals surface area (Å²) in [4.78, 5) is 14.5. The van der Waals surface area contributed by atoms with Gasteiger partial charge in [0.2, 0.25) is 0 Å². The zero-order chi connectivity index (χ0) is 17.9. The lowest BCUT2D eigenvalue weighted by Gasteiger charge is -2.27. The molecule has 1 atom stereocenters.